The average Bonchev–Trinajstić information content (AvgIpc) is 1.93. The van der Waals surface area contributed by atoms with Crippen molar-refractivity contribution in [2.45, 2.75) is 0 Å². The Morgan fingerprint density at radius 3 is 2.22 bits per heavy atom. The van der Waals surface area contributed by atoms with Gasteiger partial charge in [-0.1, -0.05) is 6.07 Å². The minimum Gasteiger partial charge on any atom is -0.264 e. The zero-order valence-corrected chi connectivity index (χ0v) is 10.9. The first-order chi connectivity index (χ1) is 4.41. The van der Waals surface area contributed by atoms with Crippen molar-refractivity contribution in [3.63, 3.8) is 0 Å². The number of hydrogen-bond acceptors (Lipinski definition) is 1. The Morgan fingerprint density at radius 2 is 2.11 bits per heavy atom. The zero-order valence-electron chi connectivity index (χ0n) is 4.72. The topological polar surface area (TPSA) is 12.9 Å². The van der Waals surface area contributed by atoms with Crippen LogP contribution in [0.25, 0.3) is 0 Å². The third kappa shape index (κ3) is 8.73. The number of nitrogens with zero attached hydrogens (tertiary/aromatic N) is 1. The standard InChI is InChI=1S/C5H4N.2BrH.Zn/c1-2-4-6-5-3-1;;;/h1-2,4-5H;2*1H;/q;;;+2/p-2. The smallest absolute Gasteiger partial charge is 0.0346 e. The summed E-state index contributed by atoms with van der Waals surface area (Å²) >= 11 is 6.25. The fourth-order valence-electron chi connectivity index (χ4n) is 0.277. The van der Waals surface area contributed by atoms with Gasteiger partial charge in [0.2, 0.25) is 0 Å². The summed E-state index contributed by atoms with van der Waals surface area (Å²) in [5.74, 6) is 0. The largest absolute Gasteiger partial charge is 0.264 e. The van der Waals surface area contributed by atoms with Gasteiger partial charge in [0, 0.05) is 18.5 Å². The van der Waals surface area contributed by atoms with Crippen LogP contribution in [0.1, 0.15) is 0 Å². The number of pyridine rings is 1. The Bertz CT molecular complexity index is 97.8. The molecule has 4 heteroatoms. The van der Waals surface area contributed by atoms with Crippen molar-refractivity contribution in [1.29, 1.82) is 0 Å². The van der Waals surface area contributed by atoms with E-state index in [1.807, 2.05) is 12.1 Å². The Kier molecular flexibility index (Phi) is 9.45. The van der Waals surface area contributed by atoms with Gasteiger partial charge in [0.25, 0.3) is 0 Å². The molecule has 0 N–H and O–H groups in total. The Morgan fingerprint density at radius 1 is 1.44 bits per heavy atom. The average molecular weight is 303 g/mol. The monoisotopic (exact) mass is 300 g/mol. The van der Waals surface area contributed by atoms with E-state index in [2.05, 4.69) is 38.3 Å². The van der Waals surface area contributed by atoms with E-state index in [1.54, 1.807) is 12.4 Å². The molecule has 0 saturated carbocycles. The minimum absolute atomic E-state index is 0.250. The minimum atomic E-state index is -0.250. The van der Waals surface area contributed by atoms with Crippen LogP contribution in [0.15, 0.2) is 24.5 Å². The maximum atomic E-state index is 3.73. The summed E-state index contributed by atoms with van der Waals surface area (Å²) in [7, 11) is 0. The molecule has 0 spiro atoms. The second kappa shape index (κ2) is 8.73. The summed E-state index contributed by atoms with van der Waals surface area (Å²) < 4.78 is 0. The van der Waals surface area contributed by atoms with E-state index in [9.17, 15) is 0 Å². The zero-order chi connectivity index (χ0) is 6.95. The Balaban J connectivity index is 0.000000187. The van der Waals surface area contributed by atoms with E-state index in [-0.39, 0.29) is 13.2 Å². The Labute approximate surface area is 75.6 Å². The molecular formula is C5H4Br2NZn. The van der Waals surface area contributed by atoms with Crippen LogP contribution in [-0.2, 0) is 13.2 Å². The van der Waals surface area contributed by atoms with E-state index in [0.717, 1.165) is 0 Å². The van der Waals surface area contributed by atoms with E-state index in [0.29, 0.717) is 0 Å². The fraction of sp³-hybridized carbons (Fsp3) is 0. The van der Waals surface area contributed by atoms with Crippen molar-refractivity contribution in [3.8, 4) is 0 Å². The van der Waals surface area contributed by atoms with Crippen LogP contribution in [0.5, 0.6) is 0 Å². The molecule has 0 bridgehead atoms. The first-order valence-corrected chi connectivity index (χ1v) is 16.2. The first kappa shape index (κ1) is 9.73. The van der Waals surface area contributed by atoms with Crippen LogP contribution in [0.4, 0.5) is 0 Å². The summed E-state index contributed by atoms with van der Waals surface area (Å²) in [4.78, 5) is 3.73. The molecule has 0 saturated heterocycles. The van der Waals surface area contributed by atoms with Gasteiger partial charge in [-0.15, -0.1) is 0 Å². The van der Waals surface area contributed by atoms with Gasteiger partial charge >= 0.3 is 40.5 Å². The molecule has 0 amide bonds. The van der Waals surface area contributed by atoms with Gasteiger partial charge in [-0.25, -0.2) is 0 Å². The number of halogens is 2. The van der Waals surface area contributed by atoms with Crippen LogP contribution in [0.2, 0.25) is 0 Å². The van der Waals surface area contributed by atoms with Crippen molar-refractivity contribution in [2.24, 2.45) is 0 Å². The summed E-state index contributed by atoms with van der Waals surface area (Å²) in [6.45, 7) is 0. The molecule has 0 fully saturated rings. The molecule has 0 aliphatic carbocycles. The van der Waals surface area contributed by atoms with Crippen molar-refractivity contribution >= 4 is 27.2 Å². The first-order valence-electron chi connectivity index (χ1n) is 2.29. The molecule has 1 radical (unpaired) electrons. The van der Waals surface area contributed by atoms with E-state index in [1.165, 1.54) is 0 Å². The number of hydrogen-bond donors (Lipinski definition) is 0. The molecule has 1 rings (SSSR count). The molecule has 1 nitrogen and oxygen atoms in total. The third-order valence-electron chi connectivity index (χ3n) is 0.514. The maximum Gasteiger partial charge on any atom is 0.0346 e. The van der Waals surface area contributed by atoms with E-state index >= 15 is 0 Å². The second-order valence-electron chi connectivity index (χ2n) is 1.05. The number of rotatable bonds is 0. The van der Waals surface area contributed by atoms with E-state index in [4.69, 9.17) is 0 Å². The molecule has 45 valence electrons. The van der Waals surface area contributed by atoms with Crippen LogP contribution in [0, 0.1) is 6.07 Å². The fourth-order valence-corrected chi connectivity index (χ4v) is 0.277. The van der Waals surface area contributed by atoms with Crippen molar-refractivity contribution in [2.75, 3.05) is 0 Å². The van der Waals surface area contributed by atoms with Crippen LogP contribution >= 0.6 is 27.2 Å². The van der Waals surface area contributed by atoms with Gasteiger partial charge in [-0.2, -0.15) is 0 Å². The van der Waals surface area contributed by atoms with Gasteiger partial charge < -0.3 is 0 Å². The molecule has 1 aromatic rings. The normalized spacial score (nSPS) is 6.44. The predicted molar refractivity (Wildman–Crippen MR) is 40.9 cm³/mol. The molecular weight excluding hydrogens is 299 g/mol. The molecule has 1 heterocycles. The van der Waals surface area contributed by atoms with Crippen molar-refractivity contribution < 1.29 is 13.2 Å². The van der Waals surface area contributed by atoms with Crippen molar-refractivity contribution in [3.05, 3.63) is 30.6 Å². The van der Waals surface area contributed by atoms with Crippen molar-refractivity contribution in [1.82, 2.24) is 4.98 Å². The summed E-state index contributed by atoms with van der Waals surface area (Å²) in [5.41, 5.74) is 0. The van der Waals surface area contributed by atoms with Crippen LogP contribution in [-0.4, -0.2) is 4.98 Å². The molecule has 0 aliphatic heterocycles. The second-order valence-corrected chi connectivity index (χ2v) is 15.1. The molecule has 0 atom stereocenters. The summed E-state index contributed by atoms with van der Waals surface area (Å²) in [6, 6.07) is 6.43. The predicted octanol–water partition coefficient (Wildman–Crippen LogP) is 2.57. The van der Waals surface area contributed by atoms with Gasteiger partial charge in [0.05, 0.1) is 0 Å². The SMILES string of the molecule is [Br][Zn][Br].[c]1cccnc1. The molecule has 9 heavy (non-hydrogen) atoms. The number of aromatic nitrogens is 1. The molecule has 0 unspecified atom stereocenters. The summed E-state index contributed by atoms with van der Waals surface area (Å²) in [5, 5.41) is 0. The quantitative estimate of drug-likeness (QED) is 0.671. The Hall–Kier alpha value is 0.733. The summed E-state index contributed by atoms with van der Waals surface area (Å²) in [6.07, 6.45) is 3.34. The van der Waals surface area contributed by atoms with Crippen LogP contribution in [0.3, 0.4) is 0 Å². The maximum absolute atomic E-state index is 3.73. The van der Waals surface area contributed by atoms with Gasteiger partial charge in [0.1, 0.15) is 0 Å². The molecule has 0 aliphatic rings. The van der Waals surface area contributed by atoms with Crippen LogP contribution < -0.4 is 0 Å². The van der Waals surface area contributed by atoms with Gasteiger partial charge in [0.15, 0.2) is 0 Å². The van der Waals surface area contributed by atoms with Gasteiger partial charge in [-0.3, -0.25) is 4.98 Å². The van der Waals surface area contributed by atoms with Gasteiger partial charge in [-0.05, 0) is 6.07 Å². The molecule has 0 aromatic carbocycles. The third-order valence-corrected chi connectivity index (χ3v) is 0.514. The molecule has 1 aromatic heterocycles. The van der Waals surface area contributed by atoms with E-state index < -0.39 is 0 Å².